The van der Waals surface area contributed by atoms with Crippen LogP contribution in [-0.4, -0.2) is 4.57 Å². The molecule has 0 N–H and O–H groups in total. The fourth-order valence-corrected chi connectivity index (χ4v) is 11.3. The highest BCUT2D eigenvalue weighted by atomic mass is 32.1. The summed E-state index contributed by atoms with van der Waals surface area (Å²) in [4.78, 5) is 0. The van der Waals surface area contributed by atoms with Crippen LogP contribution in [0.15, 0.2) is 170 Å². The zero-order valence-electron chi connectivity index (χ0n) is 28.7. The molecule has 3 heterocycles. The van der Waals surface area contributed by atoms with Gasteiger partial charge in [-0.15, -0.1) is 22.7 Å². The van der Waals surface area contributed by atoms with Crippen molar-refractivity contribution in [1.29, 1.82) is 0 Å². The lowest BCUT2D eigenvalue weighted by Crippen LogP contribution is -2.01. The molecule has 0 spiro atoms. The topological polar surface area (TPSA) is 4.93 Å². The molecule has 0 saturated heterocycles. The van der Waals surface area contributed by atoms with Crippen molar-refractivity contribution in [2.45, 2.75) is 12.3 Å². The molecule has 53 heavy (non-hydrogen) atoms. The van der Waals surface area contributed by atoms with Gasteiger partial charge < -0.3 is 4.57 Å². The van der Waals surface area contributed by atoms with Crippen LogP contribution in [0.3, 0.4) is 0 Å². The fourth-order valence-electron chi connectivity index (χ4n) is 9.13. The molecule has 1 nitrogen and oxygen atoms in total. The standard InChI is InChI=1S/C50H31NS2/c1-2-10-35-34(9-1)40(25-30-17-23-49-43(26-30)38-12-4-7-15-47(38)52-49)36-21-18-31(27-41(35)36)32-19-22-46-42(28-32)37-11-3-6-14-45(37)51(46)33-20-24-50-44(29-33)39-13-5-8-16-48(39)53-50/h1-24,26-29,40H,25H2. The van der Waals surface area contributed by atoms with Gasteiger partial charge in [0.25, 0.3) is 0 Å². The molecule has 1 aliphatic carbocycles. The van der Waals surface area contributed by atoms with Crippen LogP contribution in [0.4, 0.5) is 0 Å². The Hall–Kier alpha value is -6.00. The third-order valence-electron chi connectivity index (χ3n) is 11.6. The number of thiophene rings is 2. The Morgan fingerprint density at radius 2 is 1.00 bits per heavy atom. The van der Waals surface area contributed by atoms with Gasteiger partial charge in [0.2, 0.25) is 0 Å². The molecule has 1 unspecified atom stereocenters. The van der Waals surface area contributed by atoms with E-state index in [9.17, 15) is 0 Å². The summed E-state index contributed by atoms with van der Waals surface area (Å²) in [6.45, 7) is 0. The first kappa shape index (κ1) is 29.6. The highest BCUT2D eigenvalue weighted by molar-refractivity contribution is 7.26. The maximum absolute atomic E-state index is 2.44. The van der Waals surface area contributed by atoms with E-state index in [-0.39, 0.29) is 0 Å². The minimum Gasteiger partial charge on any atom is -0.309 e. The van der Waals surface area contributed by atoms with E-state index in [1.54, 1.807) is 0 Å². The van der Waals surface area contributed by atoms with Crippen LogP contribution in [0.1, 0.15) is 22.6 Å². The van der Waals surface area contributed by atoms with Crippen LogP contribution < -0.4 is 0 Å². The molecule has 1 atom stereocenters. The summed E-state index contributed by atoms with van der Waals surface area (Å²) >= 11 is 3.76. The quantitative estimate of drug-likeness (QED) is 0.171. The summed E-state index contributed by atoms with van der Waals surface area (Å²) in [6, 6.07) is 63.8. The van der Waals surface area contributed by atoms with Crippen molar-refractivity contribution in [1.82, 2.24) is 4.57 Å². The predicted octanol–water partition coefficient (Wildman–Crippen LogP) is 14.5. The van der Waals surface area contributed by atoms with E-state index in [4.69, 9.17) is 0 Å². The third-order valence-corrected chi connectivity index (χ3v) is 13.9. The van der Waals surface area contributed by atoms with Crippen LogP contribution >= 0.6 is 22.7 Å². The summed E-state index contributed by atoms with van der Waals surface area (Å²) in [5.74, 6) is 0.329. The summed E-state index contributed by atoms with van der Waals surface area (Å²) in [5, 5.41) is 7.95. The lowest BCUT2D eigenvalue weighted by molar-refractivity contribution is 0.828. The Kier molecular flexibility index (Phi) is 6.27. The molecule has 3 heteroatoms. The maximum atomic E-state index is 2.44. The van der Waals surface area contributed by atoms with Gasteiger partial charge in [-0.25, -0.2) is 0 Å². The maximum Gasteiger partial charge on any atom is 0.0541 e. The average molecular weight is 710 g/mol. The molecule has 1 aliphatic rings. The predicted molar refractivity (Wildman–Crippen MR) is 229 cm³/mol. The van der Waals surface area contributed by atoms with E-state index in [0.717, 1.165) is 6.42 Å². The van der Waals surface area contributed by atoms with Crippen molar-refractivity contribution in [3.8, 4) is 27.9 Å². The Morgan fingerprint density at radius 1 is 0.396 bits per heavy atom. The lowest BCUT2D eigenvalue weighted by atomic mass is 9.89. The molecule has 0 fully saturated rings. The number of nitrogens with zero attached hydrogens (tertiary/aromatic N) is 1. The molecule has 3 aromatic heterocycles. The second-order valence-electron chi connectivity index (χ2n) is 14.4. The van der Waals surface area contributed by atoms with E-state index < -0.39 is 0 Å². The van der Waals surface area contributed by atoms with E-state index >= 15 is 0 Å². The van der Waals surface area contributed by atoms with E-state index in [0.29, 0.717) is 5.92 Å². The zero-order valence-corrected chi connectivity index (χ0v) is 30.3. The molecule has 0 amide bonds. The first-order valence-corrected chi connectivity index (χ1v) is 20.0. The highest BCUT2D eigenvalue weighted by Crippen LogP contribution is 2.48. The van der Waals surface area contributed by atoms with E-state index in [1.165, 1.54) is 107 Å². The van der Waals surface area contributed by atoms with Crippen molar-refractivity contribution >= 4 is 84.8 Å². The third kappa shape index (κ3) is 4.42. The summed E-state index contributed by atoms with van der Waals surface area (Å²) in [5.41, 5.74) is 13.2. The summed E-state index contributed by atoms with van der Waals surface area (Å²) in [6.07, 6.45) is 0.988. The molecule has 8 aromatic carbocycles. The van der Waals surface area contributed by atoms with Gasteiger partial charge >= 0.3 is 0 Å². The van der Waals surface area contributed by atoms with Crippen molar-refractivity contribution in [3.05, 3.63) is 187 Å². The van der Waals surface area contributed by atoms with Crippen LogP contribution in [0.2, 0.25) is 0 Å². The first-order valence-electron chi connectivity index (χ1n) is 18.3. The number of hydrogen-bond donors (Lipinski definition) is 0. The van der Waals surface area contributed by atoms with Crippen molar-refractivity contribution in [3.63, 3.8) is 0 Å². The lowest BCUT2D eigenvalue weighted by Gasteiger charge is -2.15. The number of rotatable bonds is 4. The monoisotopic (exact) mass is 709 g/mol. The number of hydrogen-bond acceptors (Lipinski definition) is 2. The van der Waals surface area contributed by atoms with Gasteiger partial charge in [-0.05, 0) is 112 Å². The van der Waals surface area contributed by atoms with Gasteiger partial charge in [0.15, 0.2) is 0 Å². The van der Waals surface area contributed by atoms with Crippen LogP contribution in [0, 0.1) is 0 Å². The largest absolute Gasteiger partial charge is 0.309 e. The summed E-state index contributed by atoms with van der Waals surface area (Å²) < 4.78 is 7.84. The zero-order chi connectivity index (χ0) is 34.6. The van der Waals surface area contributed by atoms with Gasteiger partial charge in [-0.1, -0.05) is 103 Å². The van der Waals surface area contributed by atoms with Crippen LogP contribution in [-0.2, 0) is 6.42 Å². The Labute approximate surface area is 314 Å². The van der Waals surface area contributed by atoms with Crippen molar-refractivity contribution < 1.29 is 0 Å². The normalized spacial score (nSPS) is 13.9. The van der Waals surface area contributed by atoms with Crippen LogP contribution in [0.25, 0.3) is 90.1 Å². The molecular weight excluding hydrogens is 679 g/mol. The van der Waals surface area contributed by atoms with E-state index in [2.05, 4.69) is 174 Å². The first-order chi connectivity index (χ1) is 26.2. The van der Waals surface area contributed by atoms with Gasteiger partial charge in [-0.3, -0.25) is 0 Å². The molecule has 0 radical (unpaired) electrons. The minimum atomic E-state index is 0.329. The molecule has 0 aliphatic heterocycles. The molecule has 0 saturated carbocycles. The van der Waals surface area contributed by atoms with Gasteiger partial charge in [0.05, 0.1) is 11.0 Å². The fraction of sp³-hybridized carbons (Fsp3) is 0.0400. The highest BCUT2D eigenvalue weighted by Gasteiger charge is 2.29. The number of aromatic nitrogens is 1. The second kappa shape index (κ2) is 11.2. The Morgan fingerprint density at radius 3 is 1.83 bits per heavy atom. The molecule has 0 bridgehead atoms. The molecule has 12 rings (SSSR count). The summed E-state index contributed by atoms with van der Waals surface area (Å²) in [7, 11) is 0. The van der Waals surface area contributed by atoms with E-state index in [1.807, 2.05) is 22.7 Å². The average Bonchev–Trinajstić information content (AvgIpc) is 3.95. The van der Waals surface area contributed by atoms with Crippen molar-refractivity contribution in [2.24, 2.45) is 0 Å². The Bertz CT molecular complexity index is 3280. The SMILES string of the molecule is c1ccc2c(c1)-c1cc(-c3ccc4c(c3)c3ccccc3n4-c3ccc4sc5ccccc5c4c3)ccc1C2Cc1ccc2sc3ccccc3c2c1. The minimum absolute atomic E-state index is 0.329. The number of benzene rings is 8. The van der Waals surface area contributed by atoms with Gasteiger partial charge in [0.1, 0.15) is 0 Å². The second-order valence-corrected chi connectivity index (χ2v) is 16.6. The molecule has 11 aromatic rings. The van der Waals surface area contributed by atoms with Gasteiger partial charge in [-0.2, -0.15) is 0 Å². The number of para-hydroxylation sites is 1. The van der Waals surface area contributed by atoms with Crippen molar-refractivity contribution in [2.75, 3.05) is 0 Å². The van der Waals surface area contributed by atoms with Crippen LogP contribution in [0.5, 0.6) is 0 Å². The smallest absolute Gasteiger partial charge is 0.0541 e. The molecule has 248 valence electrons. The Balaban J connectivity index is 0.961. The number of fused-ring (bicyclic) bond motifs is 12. The molecular formula is C50H31NS2. The van der Waals surface area contributed by atoms with Gasteiger partial charge in [0, 0.05) is 62.7 Å².